The highest BCUT2D eigenvalue weighted by Gasteiger charge is 2.02. The lowest BCUT2D eigenvalue weighted by atomic mass is 10.5. The summed E-state index contributed by atoms with van der Waals surface area (Å²) in [7, 11) is 0. The Balaban J connectivity index is 2.01. The molecular formula is C15H27N3O5. The molecule has 0 aromatic carbocycles. The average molecular weight is 329 g/mol. The Bertz CT molecular complexity index is 425. The number of ether oxygens (including phenoxy) is 4. The second kappa shape index (κ2) is 13.0. The van der Waals surface area contributed by atoms with Crippen LogP contribution in [0.4, 0.5) is 0 Å². The molecule has 0 aliphatic heterocycles. The molecule has 0 unspecified atom stereocenters. The Morgan fingerprint density at radius 3 is 2.57 bits per heavy atom. The first-order chi connectivity index (χ1) is 11.3. The number of aromatic nitrogens is 3. The molecule has 1 rings (SSSR count). The zero-order chi connectivity index (χ0) is 16.8. The van der Waals surface area contributed by atoms with Crippen LogP contribution in [0.25, 0.3) is 0 Å². The van der Waals surface area contributed by atoms with E-state index in [9.17, 15) is 4.79 Å². The van der Waals surface area contributed by atoms with Crippen molar-refractivity contribution in [3.05, 3.63) is 11.9 Å². The molecule has 8 heteroatoms. The van der Waals surface area contributed by atoms with E-state index in [1.807, 2.05) is 6.20 Å². The van der Waals surface area contributed by atoms with Crippen LogP contribution < -0.4 is 0 Å². The number of hydrogen-bond donors (Lipinski definition) is 0. The Morgan fingerprint density at radius 2 is 1.78 bits per heavy atom. The molecule has 1 heterocycles. The molecule has 0 atom stereocenters. The summed E-state index contributed by atoms with van der Waals surface area (Å²) in [4.78, 5) is 10.9. The van der Waals surface area contributed by atoms with Gasteiger partial charge < -0.3 is 18.9 Å². The van der Waals surface area contributed by atoms with Gasteiger partial charge in [0, 0.05) is 13.0 Å². The molecular weight excluding hydrogens is 302 g/mol. The molecule has 8 nitrogen and oxygen atoms in total. The summed E-state index contributed by atoms with van der Waals surface area (Å²) < 4.78 is 22.7. The number of carbonyl (C=O) groups is 1. The maximum absolute atomic E-state index is 10.9. The summed E-state index contributed by atoms with van der Waals surface area (Å²) >= 11 is 0. The van der Waals surface area contributed by atoms with Crippen molar-refractivity contribution in [1.82, 2.24) is 15.0 Å². The lowest BCUT2D eigenvalue weighted by Gasteiger charge is -2.05. The minimum Gasteiger partial charge on any atom is -0.463 e. The largest absolute Gasteiger partial charge is 0.463 e. The Hall–Kier alpha value is -1.51. The molecule has 1 aromatic rings. The van der Waals surface area contributed by atoms with E-state index in [0.717, 1.165) is 18.7 Å². The molecule has 0 aliphatic carbocycles. The van der Waals surface area contributed by atoms with Gasteiger partial charge in [0.15, 0.2) is 0 Å². The molecule has 0 saturated heterocycles. The Labute approximate surface area is 137 Å². The number of rotatable bonds is 14. The highest BCUT2D eigenvalue weighted by molar-refractivity contribution is 5.68. The van der Waals surface area contributed by atoms with Crippen molar-refractivity contribution in [2.24, 2.45) is 0 Å². The van der Waals surface area contributed by atoms with Crippen molar-refractivity contribution < 1.29 is 23.7 Å². The van der Waals surface area contributed by atoms with Gasteiger partial charge in [0.1, 0.15) is 12.3 Å². The van der Waals surface area contributed by atoms with Gasteiger partial charge in [-0.05, 0) is 6.42 Å². The Morgan fingerprint density at radius 1 is 1.04 bits per heavy atom. The first kappa shape index (κ1) is 19.5. The van der Waals surface area contributed by atoms with Gasteiger partial charge in [0.05, 0.1) is 45.8 Å². The highest BCUT2D eigenvalue weighted by atomic mass is 16.6. The van der Waals surface area contributed by atoms with Crippen LogP contribution >= 0.6 is 0 Å². The fraction of sp³-hybridized carbons (Fsp3) is 0.800. The maximum atomic E-state index is 10.9. The number of hydrogen-bond acceptors (Lipinski definition) is 7. The molecule has 0 radical (unpaired) electrons. The maximum Gasteiger partial charge on any atom is 0.305 e. The lowest BCUT2D eigenvalue weighted by Crippen LogP contribution is -2.12. The highest BCUT2D eigenvalue weighted by Crippen LogP contribution is 1.96. The van der Waals surface area contributed by atoms with Crippen molar-refractivity contribution in [2.45, 2.75) is 39.8 Å². The van der Waals surface area contributed by atoms with Crippen molar-refractivity contribution in [3.8, 4) is 0 Å². The third-order valence-electron chi connectivity index (χ3n) is 2.80. The minimum atomic E-state index is -0.213. The van der Waals surface area contributed by atoms with E-state index in [0.29, 0.717) is 46.0 Å². The van der Waals surface area contributed by atoms with Crippen molar-refractivity contribution in [2.75, 3.05) is 39.6 Å². The van der Waals surface area contributed by atoms with Crippen LogP contribution in [0.5, 0.6) is 0 Å². The van der Waals surface area contributed by atoms with Gasteiger partial charge in [-0.2, -0.15) is 0 Å². The van der Waals surface area contributed by atoms with E-state index in [1.165, 1.54) is 0 Å². The van der Waals surface area contributed by atoms with Crippen molar-refractivity contribution in [1.29, 1.82) is 0 Å². The zero-order valence-corrected chi connectivity index (χ0v) is 14.0. The molecule has 0 amide bonds. The molecule has 1 aromatic heterocycles. The zero-order valence-electron chi connectivity index (χ0n) is 14.0. The van der Waals surface area contributed by atoms with Gasteiger partial charge in [-0.3, -0.25) is 4.79 Å². The van der Waals surface area contributed by atoms with E-state index < -0.39 is 0 Å². The second-order valence-electron chi connectivity index (χ2n) is 4.82. The molecule has 132 valence electrons. The van der Waals surface area contributed by atoms with E-state index in [2.05, 4.69) is 17.2 Å². The van der Waals surface area contributed by atoms with E-state index in [1.54, 1.807) is 11.6 Å². The molecule has 0 fully saturated rings. The van der Waals surface area contributed by atoms with E-state index >= 15 is 0 Å². The molecule has 0 N–H and O–H groups in total. The van der Waals surface area contributed by atoms with Gasteiger partial charge in [-0.25, -0.2) is 4.68 Å². The third kappa shape index (κ3) is 9.98. The lowest BCUT2D eigenvalue weighted by molar-refractivity contribution is -0.144. The molecule has 0 bridgehead atoms. The van der Waals surface area contributed by atoms with Crippen molar-refractivity contribution >= 4 is 5.97 Å². The van der Waals surface area contributed by atoms with Crippen LogP contribution in [0.2, 0.25) is 0 Å². The van der Waals surface area contributed by atoms with Crippen LogP contribution in [0.15, 0.2) is 6.20 Å². The van der Waals surface area contributed by atoms with Crippen LogP contribution in [0.1, 0.15) is 32.4 Å². The van der Waals surface area contributed by atoms with Crippen LogP contribution in [-0.4, -0.2) is 60.6 Å². The summed E-state index contributed by atoms with van der Waals surface area (Å²) in [5.41, 5.74) is 0.775. The number of nitrogens with zero attached hydrogens (tertiary/aromatic N) is 3. The van der Waals surface area contributed by atoms with Gasteiger partial charge in [-0.1, -0.05) is 19.1 Å². The normalized spacial score (nSPS) is 10.9. The number of carbonyl (C=O) groups excluding carboxylic acids is 1. The average Bonchev–Trinajstić information content (AvgIpc) is 3.01. The van der Waals surface area contributed by atoms with E-state index in [4.69, 9.17) is 18.9 Å². The molecule has 0 spiro atoms. The third-order valence-corrected chi connectivity index (χ3v) is 2.80. The Kier molecular flexibility index (Phi) is 11.0. The van der Waals surface area contributed by atoms with Crippen LogP contribution in [0, 0.1) is 0 Å². The van der Waals surface area contributed by atoms with Crippen LogP contribution in [0.3, 0.4) is 0 Å². The smallest absolute Gasteiger partial charge is 0.305 e. The first-order valence-corrected chi connectivity index (χ1v) is 8.04. The van der Waals surface area contributed by atoms with Gasteiger partial charge in [0.2, 0.25) is 0 Å². The van der Waals surface area contributed by atoms with Gasteiger partial charge in [0.25, 0.3) is 0 Å². The standard InChI is InChI=1S/C15H27N3O5/c1-3-6-20-8-9-22-13-14-12-18(17-16-14)5-7-21-10-11-23-15(19)4-2/h12H,3-11,13H2,1-2H3. The predicted octanol–water partition coefficient (Wildman–Crippen LogP) is 1.19. The predicted molar refractivity (Wildman–Crippen MR) is 82.9 cm³/mol. The first-order valence-electron chi connectivity index (χ1n) is 8.04. The van der Waals surface area contributed by atoms with Gasteiger partial charge >= 0.3 is 5.97 Å². The van der Waals surface area contributed by atoms with Crippen molar-refractivity contribution in [3.63, 3.8) is 0 Å². The SMILES string of the molecule is CCCOCCOCc1cn(CCOCCOC(=O)CC)nn1. The topological polar surface area (TPSA) is 84.7 Å². The second-order valence-corrected chi connectivity index (χ2v) is 4.82. The monoisotopic (exact) mass is 329 g/mol. The summed E-state index contributed by atoms with van der Waals surface area (Å²) in [5, 5.41) is 8.02. The summed E-state index contributed by atoms with van der Waals surface area (Å²) in [6.07, 6.45) is 3.22. The minimum absolute atomic E-state index is 0.213. The summed E-state index contributed by atoms with van der Waals surface area (Å²) in [6.45, 7) is 7.89. The molecule has 0 aliphatic rings. The van der Waals surface area contributed by atoms with Crippen LogP contribution in [-0.2, 0) is 36.9 Å². The quantitative estimate of drug-likeness (QED) is 0.374. The summed E-state index contributed by atoms with van der Waals surface area (Å²) in [5.74, 6) is -0.213. The molecule has 23 heavy (non-hydrogen) atoms. The molecule has 0 saturated carbocycles. The fourth-order valence-electron chi connectivity index (χ4n) is 1.63. The van der Waals surface area contributed by atoms with Gasteiger partial charge in [-0.15, -0.1) is 5.10 Å². The van der Waals surface area contributed by atoms with E-state index in [-0.39, 0.29) is 12.6 Å². The fourth-order valence-corrected chi connectivity index (χ4v) is 1.63. The summed E-state index contributed by atoms with van der Waals surface area (Å²) in [6, 6.07) is 0. The number of esters is 1.